The highest BCUT2D eigenvalue weighted by atomic mass is 19.1. The van der Waals surface area contributed by atoms with Gasteiger partial charge in [-0.3, -0.25) is 0 Å². The maximum atomic E-state index is 12.8. The van der Waals surface area contributed by atoms with Gasteiger partial charge >= 0.3 is 0 Å². The van der Waals surface area contributed by atoms with Gasteiger partial charge in [-0.05, 0) is 25.1 Å². The molecule has 3 heteroatoms. The van der Waals surface area contributed by atoms with Crippen LogP contribution in [0.25, 0.3) is 0 Å². The molecule has 0 spiro atoms. The summed E-state index contributed by atoms with van der Waals surface area (Å²) in [5.41, 5.74) is 5.77. The summed E-state index contributed by atoms with van der Waals surface area (Å²) in [5, 5.41) is 8.96. The molecule has 1 rings (SSSR count). The largest absolute Gasteiger partial charge is 0.508 e. The van der Waals surface area contributed by atoms with Crippen LogP contribution in [0.1, 0.15) is 18.5 Å². The quantitative estimate of drug-likeness (QED) is 0.646. The van der Waals surface area contributed by atoms with E-state index < -0.39 is 0 Å². The Morgan fingerprint density at radius 1 is 1.55 bits per heavy atom. The van der Waals surface area contributed by atoms with E-state index in [2.05, 4.69) is 0 Å². The van der Waals surface area contributed by atoms with Gasteiger partial charge in [0.1, 0.15) is 11.6 Å². The molecule has 0 heterocycles. The summed E-state index contributed by atoms with van der Waals surface area (Å²) in [4.78, 5) is 0. The summed E-state index contributed by atoms with van der Waals surface area (Å²) in [7, 11) is 0. The fourth-order valence-electron chi connectivity index (χ4n) is 0.880. The van der Waals surface area contributed by atoms with Gasteiger partial charge in [-0.1, -0.05) is 0 Å². The van der Waals surface area contributed by atoms with E-state index in [-0.39, 0.29) is 17.6 Å². The van der Waals surface area contributed by atoms with Crippen molar-refractivity contribution >= 4 is 0 Å². The highest BCUT2D eigenvalue weighted by Gasteiger charge is 2.06. The summed E-state index contributed by atoms with van der Waals surface area (Å²) < 4.78 is 12.8. The predicted octanol–water partition coefficient (Wildman–Crippen LogP) is 1.55. The smallest absolute Gasteiger partial charge is 0.128 e. The van der Waals surface area contributed by atoms with E-state index in [0.29, 0.717) is 5.56 Å². The summed E-state index contributed by atoms with van der Waals surface area (Å²) >= 11 is 0. The van der Waals surface area contributed by atoms with Gasteiger partial charge < -0.3 is 10.8 Å². The molecule has 1 atom stereocenters. The van der Waals surface area contributed by atoms with E-state index in [9.17, 15) is 4.39 Å². The Morgan fingerprint density at radius 2 is 2.18 bits per heavy atom. The number of halogens is 1. The number of phenolic OH excluding ortho intramolecular Hbond substituents is 1. The van der Waals surface area contributed by atoms with Crippen LogP contribution in [0.5, 0.6) is 5.75 Å². The van der Waals surface area contributed by atoms with E-state index >= 15 is 0 Å². The number of hydrogen-bond donors (Lipinski definition) is 2. The lowest BCUT2D eigenvalue weighted by Gasteiger charge is -2.06. The van der Waals surface area contributed by atoms with Crippen molar-refractivity contribution in [1.82, 2.24) is 0 Å². The Labute approximate surface area is 64.5 Å². The molecule has 1 aromatic rings. The fourth-order valence-corrected chi connectivity index (χ4v) is 0.880. The average molecular weight is 155 g/mol. The summed E-state index contributed by atoms with van der Waals surface area (Å²) in [6.07, 6.45) is 0. The van der Waals surface area contributed by atoms with E-state index in [4.69, 9.17) is 10.8 Å². The summed E-state index contributed by atoms with van der Waals surface area (Å²) in [6, 6.07) is 3.44. The number of rotatable bonds is 1. The molecule has 2 nitrogen and oxygen atoms in total. The Hall–Kier alpha value is -1.09. The van der Waals surface area contributed by atoms with Crippen LogP contribution >= 0.6 is 0 Å². The zero-order valence-electron chi connectivity index (χ0n) is 6.21. The third-order valence-corrected chi connectivity index (χ3v) is 1.47. The minimum absolute atomic E-state index is 0.0405. The molecular weight excluding hydrogens is 145 g/mol. The van der Waals surface area contributed by atoms with Crippen molar-refractivity contribution in [2.45, 2.75) is 13.0 Å². The molecule has 0 saturated heterocycles. The molecule has 0 aliphatic heterocycles. The monoisotopic (exact) mass is 155 g/mol. The first-order chi connectivity index (χ1) is 5.11. The molecule has 3 N–H and O–H groups in total. The van der Waals surface area contributed by atoms with Crippen LogP contribution in [0.4, 0.5) is 4.39 Å². The summed E-state index contributed by atoms with van der Waals surface area (Å²) in [5.74, 6) is -0.337. The topological polar surface area (TPSA) is 46.2 Å². The Morgan fingerprint density at radius 3 is 2.64 bits per heavy atom. The zero-order chi connectivity index (χ0) is 8.43. The molecule has 0 aromatic heterocycles. The van der Waals surface area contributed by atoms with Crippen LogP contribution in [-0.4, -0.2) is 5.11 Å². The minimum atomic E-state index is -0.387. The fraction of sp³-hybridized carbons (Fsp3) is 0.250. The van der Waals surface area contributed by atoms with Crippen molar-refractivity contribution in [1.29, 1.82) is 0 Å². The highest BCUT2D eigenvalue weighted by molar-refractivity contribution is 5.30. The van der Waals surface area contributed by atoms with Crippen molar-refractivity contribution in [3.05, 3.63) is 29.6 Å². The summed E-state index contributed by atoms with van der Waals surface area (Å²) in [6.45, 7) is 1.66. The first-order valence-electron chi connectivity index (χ1n) is 3.35. The van der Waals surface area contributed by atoms with E-state index in [1.165, 1.54) is 18.2 Å². The predicted molar refractivity (Wildman–Crippen MR) is 40.7 cm³/mol. The number of aromatic hydroxyl groups is 1. The Kier molecular flexibility index (Phi) is 2.10. The second kappa shape index (κ2) is 2.88. The number of phenols is 1. The van der Waals surface area contributed by atoms with Crippen molar-refractivity contribution in [2.24, 2.45) is 5.73 Å². The third-order valence-electron chi connectivity index (χ3n) is 1.47. The lowest BCUT2D eigenvalue weighted by molar-refractivity contribution is 0.470. The van der Waals surface area contributed by atoms with Crippen molar-refractivity contribution in [3.8, 4) is 5.75 Å². The van der Waals surface area contributed by atoms with Crippen LogP contribution in [-0.2, 0) is 0 Å². The molecule has 60 valence electrons. The SMILES string of the molecule is CC(N)c1cc(O)ccc1F. The molecule has 1 aromatic carbocycles. The Bertz CT molecular complexity index is 260. The Balaban J connectivity index is 3.13. The van der Waals surface area contributed by atoms with E-state index in [0.717, 1.165) is 0 Å². The molecule has 0 aliphatic rings. The van der Waals surface area contributed by atoms with Gasteiger partial charge in [0.15, 0.2) is 0 Å². The van der Waals surface area contributed by atoms with Gasteiger partial charge in [-0.2, -0.15) is 0 Å². The van der Waals surface area contributed by atoms with E-state index in [1.807, 2.05) is 0 Å². The minimum Gasteiger partial charge on any atom is -0.508 e. The van der Waals surface area contributed by atoms with Crippen LogP contribution in [0.2, 0.25) is 0 Å². The maximum absolute atomic E-state index is 12.8. The molecule has 0 saturated carbocycles. The number of benzene rings is 1. The van der Waals surface area contributed by atoms with Crippen LogP contribution in [0.3, 0.4) is 0 Å². The molecule has 0 bridgehead atoms. The molecule has 0 fully saturated rings. The second-order valence-corrected chi connectivity index (χ2v) is 2.49. The van der Waals surface area contributed by atoms with Gasteiger partial charge in [-0.25, -0.2) is 4.39 Å². The van der Waals surface area contributed by atoms with Gasteiger partial charge in [0.2, 0.25) is 0 Å². The highest BCUT2D eigenvalue weighted by Crippen LogP contribution is 2.19. The lowest BCUT2D eigenvalue weighted by atomic mass is 10.1. The van der Waals surface area contributed by atoms with Crippen molar-refractivity contribution < 1.29 is 9.50 Å². The van der Waals surface area contributed by atoms with Gasteiger partial charge in [-0.15, -0.1) is 0 Å². The lowest BCUT2D eigenvalue weighted by Crippen LogP contribution is -2.06. The first-order valence-corrected chi connectivity index (χ1v) is 3.35. The van der Waals surface area contributed by atoms with Crippen LogP contribution in [0, 0.1) is 5.82 Å². The van der Waals surface area contributed by atoms with E-state index in [1.54, 1.807) is 6.92 Å². The first kappa shape index (κ1) is 8.01. The number of nitrogens with two attached hydrogens (primary N) is 1. The molecule has 0 radical (unpaired) electrons. The maximum Gasteiger partial charge on any atom is 0.128 e. The second-order valence-electron chi connectivity index (χ2n) is 2.49. The standard InChI is InChI=1S/C8H10FNO/c1-5(10)7-4-6(11)2-3-8(7)9/h2-5,11H,10H2,1H3. The normalized spacial score (nSPS) is 13.0. The van der Waals surface area contributed by atoms with Crippen LogP contribution in [0.15, 0.2) is 18.2 Å². The molecule has 1 unspecified atom stereocenters. The number of hydrogen-bond acceptors (Lipinski definition) is 2. The molecule has 0 aliphatic carbocycles. The molecular formula is C8H10FNO. The molecule has 11 heavy (non-hydrogen) atoms. The van der Waals surface area contributed by atoms with Crippen LogP contribution < -0.4 is 5.73 Å². The van der Waals surface area contributed by atoms with Crippen molar-refractivity contribution in [2.75, 3.05) is 0 Å². The van der Waals surface area contributed by atoms with Gasteiger partial charge in [0.25, 0.3) is 0 Å². The van der Waals surface area contributed by atoms with Gasteiger partial charge in [0.05, 0.1) is 0 Å². The molecule has 0 amide bonds. The zero-order valence-corrected chi connectivity index (χ0v) is 6.21. The average Bonchev–Trinajstić information content (AvgIpc) is 1.94. The van der Waals surface area contributed by atoms with Gasteiger partial charge in [0, 0.05) is 11.6 Å². The van der Waals surface area contributed by atoms with Crippen molar-refractivity contribution in [3.63, 3.8) is 0 Å². The third kappa shape index (κ3) is 1.68.